The van der Waals surface area contributed by atoms with E-state index in [1.807, 2.05) is 7.05 Å². The molecule has 1 aliphatic rings. The van der Waals surface area contributed by atoms with Crippen LogP contribution in [-0.2, 0) is 4.74 Å². The Kier molecular flexibility index (Phi) is 8.05. The lowest BCUT2D eigenvalue weighted by molar-refractivity contribution is 0.0150. The van der Waals surface area contributed by atoms with Gasteiger partial charge in [0.2, 0.25) is 0 Å². The highest BCUT2D eigenvalue weighted by molar-refractivity contribution is 6.05. The van der Waals surface area contributed by atoms with Crippen LogP contribution in [0.1, 0.15) is 34.6 Å². The number of carbonyl (C=O) groups excluding carboxylic acids is 2. The van der Waals surface area contributed by atoms with E-state index in [0.29, 0.717) is 30.2 Å². The summed E-state index contributed by atoms with van der Waals surface area (Å²) in [7, 11) is 5.44. The van der Waals surface area contributed by atoms with Crippen molar-refractivity contribution in [2.75, 3.05) is 46.2 Å². The minimum Gasteiger partial charge on any atom is -0.491 e. The average molecular weight is 458 g/mol. The molecule has 1 aliphatic heterocycles. The number of ether oxygens (including phenoxy) is 2. The highest BCUT2D eigenvalue weighted by Gasteiger charge is 2.27. The van der Waals surface area contributed by atoms with Crippen LogP contribution in [0, 0.1) is 11.7 Å². The molecule has 0 aromatic heterocycles. The molecule has 0 fully saturated rings. The maximum Gasteiger partial charge on any atom is 0.257 e. The number of anilines is 1. The number of rotatable bonds is 3. The molecule has 3 rings (SSSR count). The number of hydrogen-bond donors (Lipinski definition) is 1. The van der Waals surface area contributed by atoms with Gasteiger partial charge in [-0.1, -0.05) is 13.0 Å². The van der Waals surface area contributed by atoms with Crippen molar-refractivity contribution in [3.05, 3.63) is 59.4 Å². The van der Waals surface area contributed by atoms with Crippen LogP contribution in [0.5, 0.6) is 5.75 Å². The van der Waals surface area contributed by atoms with E-state index in [4.69, 9.17) is 9.47 Å². The van der Waals surface area contributed by atoms with Crippen molar-refractivity contribution in [2.24, 2.45) is 5.92 Å². The molecule has 0 saturated carbocycles. The van der Waals surface area contributed by atoms with E-state index in [2.05, 4.69) is 24.1 Å². The molecule has 8 heteroatoms. The topological polar surface area (TPSA) is 71.1 Å². The summed E-state index contributed by atoms with van der Waals surface area (Å²) < 4.78 is 25.2. The first-order valence-electron chi connectivity index (χ1n) is 11.0. The van der Waals surface area contributed by atoms with Crippen LogP contribution in [0.25, 0.3) is 0 Å². The molecule has 2 amide bonds. The minimum atomic E-state index is -0.487. The quantitative estimate of drug-likeness (QED) is 0.764. The highest BCUT2D eigenvalue weighted by atomic mass is 19.1. The fourth-order valence-corrected chi connectivity index (χ4v) is 3.86. The van der Waals surface area contributed by atoms with E-state index in [1.165, 1.54) is 24.3 Å². The van der Waals surface area contributed by atoms with Crippen LogP contribution < -0.4 is 10.1 Å². The fraction of sp³-hybridized carbons (Fsp3) is 0.440. The molecule has 1 N–H and O–H groups in total. The van der Waals surface area contributed by atoms with E-state index in [1.54, 1.807) is 37.3 Å². The van der Waals surface area contributed by atoms with Crippen molar-refractivity contribution >= 4 is 17.5 Å². The van der Waals surface area contributed by atoms with Gasteiger partial charge in [0, 0.05) is 50.6 Å². The summed E-state index contributed by atoms with van der Waals surface area (Å²) in [5.74, 6) is -0.525. The summed E-state index contributed by atoms with van der Waals surface area (Å²) >= 11 is 0. The third kappa shape index (κ3) is 6.09. The molecule has 3 atom stereocenters. The second kappa shape index (κ2) is 10.8. The molecule has 0 spiro atoms. The second-order valence-corrected chi connectivity index (χ2v) is 8.71. The second-order valence-electron chi connectivity index (χ2n) is 8.71. The number of halogens is 1. The van der Waals surface area contributed by atoms with Gasteiger partial charge in [-0.15, -0.1) is 0 Å². The molecule has 0 aliphatic carbocycles. The van der Waals surface area contributed by atoms with Crippen molar-refractivity contribution < 1.29 is 23.5 Å². The average Bonchev–Trinajstić information content (AvgIpc) is 2.79. The number of carbonyl (C=O) groups is 2. The Bertz CT molecular complexity index is 999. The van der Waals surface area contributed by atoms with Gasteiger partial charge in [-0.3, -0.25) is 14.5 Å². The zero-order valence-electron chi connectivity index (χ0n) is 19.8. The lowest BCUT2D eigenvalue weighted by atomic mass is 10.0. The summed E-state index contributed by atoms with van der Waals surface area (Å²) in [6.45, 7) is 5.78. The first kappa shape index (κ1) is 24.7. The third-order valence-electron chi connectivity index (χ3n) is 6.10. The van der Waals surface area contributed by atoms with E-state index in [0.717, 1.165) is 6.54 Å². The third-order valence-corrected chi connectivity index (χ3v) is 6.10. The zero-order valence-corrected chi connectivity index (χ0v) is 19.8. The number of methoxy groups -OCH3 is 1. The van der Waals surface area contributed by atoms with Gasteiger partial charge >= 0.3 is 0 Å². The predicted octanol–water partition coefficient (Wildman–Crippen LogP) is 3.51. The molecule has 2 aromatic carbocycles. The van der Waals surface area contributed by atoms with Crippen LogP contribution in [0.15, 0.2) is 42.5 Å². The van der Waals surface area contributed by atoms with E-state index in [9.17, 15) is 14.0 Å². The lowest BCUT2D eigenvalue weighted by Crippen LogP contribution is -2.45. The van der Waals surface area contributed by atoms with Gasteiger partial charge in [0.05, 0.1) is 11.7 Å². The molecule has 0 saturated heterocycles. The molecule has 2 aromatic rings. The highest BCUT2D eigenvalue weighted by Crippen LogP contribution is 2.27. The van der Waals surface area contributed by atoms with Crippen LogP contribution in [-0.4, -0.2) is 74.7 Å². The van der Waals surface area contributed by atoms with Gasteiger partial charge in [0.25, 0.3) is 11.8 Å². The number of likely N-dealkylation sites (N-methyl/N-ethyl adjacent to an activating group) is 2. The van der Waals surface area contributed by atoms with Crippen molar-refractivity contribution in [1.29, 1.82) is 0 Å². The molecule has 0 unspecified atom stereocenters. The molecule has 178 valence electrons. The van der Waals surface area contributed by atoms with Crippen molar-refractivity contribution in [3.63, 3.8) is 0 Å². The van der Waals surface area contributed by atoms with Gasteiger partial charge < -0.3 is 19.7 Å². The Balaban J connectivity index is 1.90. The summed E-state index contributed by atoms with van der Waals surface area (Å²) in [6.07, 6.45) is -0.109. The molecular formula is C25H32FN3O4. The van der Waals surface area contributed by atoms with E-state index >= 15 is 0 Å². The van der Waals surface area contributed by atoms with E-state index < -0.39 is 11.7 Å². The first-order chi connectivity index (χ1) is 15.7. The first-order valence-corrected chi connectivity index (χ1v) is 11.0. The van der Waals surface area contributed by atoms with Gasteiger partial charge in [0.15, 0.2) is 0 Å². The SMILES string of the molecule is CO[C@@H]1CN(C)C(=O)c2ccc(NC(=O)c3cccc(F)c3)cc2OC[C@@H](C)N(C)C[C@H]1C. The Labute approximate surface area is 194 Å². The monoisotopic (exact) mass is 457 g/mol. The Morgan fingerprint density at radius 2 is 1.91 bits per heavy atom. The summed E-state index contributed by atoms with van der Waals surface area (Å²) in [6, 6.07) is 10.5. The predicted molar refractivity (Wildman–Crippen MR) is 125 cm³/mol. The fourth-order valence-electron chi connectivity index (χ4n) is 3.86. The number of amides is 2. The number of nitrogens with one attached hydrogen (secondary N) is 1. The lowest BCUT2D eigenvalue weighted by Gasteiger charge is -2.34. The Hall–Kier alpha value is -2.97. The minimum absolute atomic E-state index is 0.0932. The number of benzene rings is 2. The van der Waals surface area contributed by atoms with Crippen molar-refractivity contribution in [1.82, 2.24) is 9.80 Å². The Morgan fingerprint density at radius 1 is 1.15 bits per heavy atom. The van der Waals surface area contributed by atoms with Crippen LogP contribution >= 0.6 is 0 Å². The largest absolute Gasteiger partial charge is 0.491 e. The van der Waals surface area contributed by atoms with Crippen LogP contribution in [0.2, 0.25) is 0 Å². The summed E-state index contributed by atoms with van der Waals surface area (Å²) in [4.78, 5) is 29.6. The molecular weight excluding hydrogens is 425 g/mol. The summed E-state index contributed by atoms with van der Waals surface area (Å²) in [5, 5.41) is 2.75. The van der Waals surface area contributed by atoms with E-state index in [-0.39, 0.29) is 29.5 Å². The molecule has 33 heavy (non-hydrogen) atoms. The molecule has 0 radical (unpaired) electrons. The van der Waals surface area contributed by atoms with Crippen LogP contribution in [0.4, 0.5) is 10.1 Å². The maximum absolute atomic E-state index is 13.5. The van der Waals surface area contributed by atoms with Crippen molar-refractivity contribution in [3.8, 4) is 5.75 Å². The standard InChI is InChI=1S/C25H32FN3O4/c1-16-13-28(3)17(2)15-33-22-12-20(27-24(30)18-7-6-8-19(26)11-18)9-10-21(22)25(31)29(4)14-23(16)32-5/h6-12,16-17,23H,13-15H2,1-5H3,(H,27,30)/t16-,17-,23-/m1/s1. The Morgan fingerprint density at radius 3 is 2.61 bits per heavy atom. The zero-order chi connectivity index (χ0) is 24.1. The smallest absolute Gasteiger partial charge is 0.257 e. The molecule has 7 nitrogen and oxygen atoms in total. The number of fused-ring (bicyclic) bond motifs is 1. The number of hydrogen-bond acceptors (Lipinski definition) is 5. The van der Waals surface area contributed by atoms with Gasteiger partial charge in [-0.2, -0.15) is 0 Å². The normalized spacial score (nSPS) is 22.5. The van der Waals surface area contributed by atoms with Gasteiger partial charge in [0.1, 0.15) is 18.2 Å². The van der Waals surface area contributed by atoms with Crippen molar-refractivity contribution in [2.45, 2.75) is 26.0 Å². The van der Waals surface area contributed by atoms with Crippen LogP contribution in [0.3, 0.4) is 0 Å². The maximum atomic E-state index is 13.5. The number of nitrogens with zero attached hydrogens (tertiary/aromatic N) is 2. The molecule has 0 bridgehead atoms. The van der Waals surface area contributed by atoms with Gasteiger partial charge in [-0.05, 0) is 50.2 Å². The summed E-state index contributed by atoms with van der Waals surface area (Å²) in [5.41, 5.74) is 1.06. The molecule has 1 heterocycles. The van der Waals surface area contributed by atoms with Gasteiger partial charge in [-0.25, -0.2) is 4.39 Å².